The van der Waals surface area contributed by atoms with Crippen molar-refractivity contribution >= 4 is 0 Å². The maximum absolute atomic E-state index is 9.51. The minimum atomic E-state index is 0.369. The normalized spacial score (nSPS) is 15.1. The highest BCUT2D eigenvalue weighted by atomic mass is 16.3. The van der Waals surface area contributed by atoms with E-state index in [1.54, 1.807) is 6.07 Å². The summed E-state index contributed by atoms with van der Waals surface area (Å²) in [5.74, 6) is 1.49. The van der Waals surface area contributed by atoms with Gasteiger partial charge < -0.3 is 10.0 Å². The Kier molecular flexibility index (Phi) is 4.81. The highest BCUT2D eigenvalue weighted by Gasteiger charge is 2.18. The number of hydrogen-bond acceptors (Lipinski definition) is 2. The van der Waals surface area contributed by atoms with Crippen LogP contribution in [0.4, 0.5) is 0 Å². The smallest absolute Gasteiger partial charge is 0.115 e. The predicted molar refractivity (Wildman–Crippen MR) is 68.9 cm³/mol. The molecule has 0 bridgehead atoms. The van der Waals surface area contributed by atoms with Crippen molar-refractivity contribution < 1.29 is 5.11 Å². The second-order valence-corrected chi connectivity index (χ2v) is 4.85. The van der Waals surface area contributed by atoms with Crippen molar-refractivity contribution in [1.29, 1.82) is 0 Å². The first-order valence-electron chi connectivity index (χ1n) is 5.98. The largest absolute Gasteiger partial charge is 0.508 e. The van der Waals surface area contributed by atoms with Crippen molar-refractivity contribution in [3.63, 3.8) is 0 Å². The van der Waals surface area contributed by atoms with Crippen LogP contribution in [-0.2, 0) is 0 Å². The van der Waals surface area contributed by atoms with Crippen LogP contribution in [0.2, 0.25) is 0 Å². The second kappa shape index (κ2) is 5.90. The van der Waals surface area contributed by atoms with Gasteiger partial charge in [-0.3, -0.25) is 0 Å². The molecule has 0 amide bonds. The number of benzene rings is 1. The van der Waals surface area contributed by atoms with Gasteiger partial charge in [0.1, 0.15) is 5.75 Å². The molecule has 1 N–H and O–H groups in total. The van der Waals surface area contributed by atoms with Crippen molar-refractivity contribution in [2.24, 2.45) is 5.92 Å². The van der Waals surface area contributed by atoms with Crippen LogP contribution in [0, 0.1) is 5.92 Å². The summed E-state index contributed by atoms with van der Waals surface area (Å²) in [5.41, 5.74) is 1.25. The Morgan fingerprint density at radius 3 is 2.50 bits per heavy atom. The van der Waals surface area contributed by atoms with Crippen molar-refractivity contribution in [2.45, 2.75) is 26.2 Å². The van der Waals surface area contributed by atoms with Crippen molar-refractivity contribution in [3.05, 3.63) is 29.8 Å². The maximum Gasteiger partial charge on any atom is 0.115 e. The van der Waals surface area contributed by atoms with E-state index < -0.39 is 0 Å². The lowest BCUT2D eigenvalue weighted by Crippen LogP contribution is -2.24. The van der Waals surface area contributed by atoms with Gasteiger partial charge in [0.05, 0.1) is 0 Å². The lowest BCUT2D eigenvalue weighted by molar-refractivity contribution is 0.301. The van der Waals surface area contributed by atoms with Gasteiger partial charge in [-0.15, -0.1) is 0 Å². The van der Waals surface area contributed by atoms with Crippen molar-refractivity contribution in [1.82, 2.24) is 4.90 Å². The Bertz CT molecular complexity index is 322. The number of phenolic OH excluding ortho intramolecular Hbond substituents is 1. The quantitative estimate of drug-likeness (QED) is 0.826. The first-order valence-corrected chi connectivity index (χ1v) is 5.98. The Morgan fingerprint density at radius 1 is 1.31 bits per heavy atom. The Balaban J connectivity index is 2.81. The summed E-state index contributed by atoms with van der Waals surface area (Å²) in [6, 6.07) is 7.66. The molecule has 0 aliphatic heterocycles. The van der Waals surface area contributed by atoms with E-state index in [9.17, 15) is 5.11 Å². The molecule has 0 aliphatic carbocycles. The third-order valence-electron chi connectivity index (χ3n) is 3.08. The summed E-state index contributed by atoms with van der Waals surface area (Å²) in [5, 5.41) is 9.51. The minimum absolute atomic E-state index is 0.369. The summed E-state index contributed by atoms with van der Waals surface area (Å²) in [6.07, 6.45) is 1.11. The monoisotopic (exact) mass is 221 g/mol. The fourth-order valence-electron chi connectivity index (χ4n) is 2.43. The molecule has 1 aromatic carbocycles. The molecule has 0 saturated carbocycles. The molecule has 0 aliphatic rings. The predicted octanol–water partition coefficient (Wildman–Crippen LogP) is 3.08. The molecule has 2 atom stereocenters. The summed E-state index contributed by atoms with van der Waals surface area (Å²) in [7, 11) is 4.21. The molecule has 2 nitrogen and oxygen atoms in total. The van der Waals surface area contributed by atoms with Crippen LogP contribution < -0.4 is 0 Å². The first-order chi connectivity index (χ1) is 7.54. The maximum atomic E-state index is 9.51. The number of nitrogens with zero attached hydrogens (tertiary/aromatic N) is 1. The van der Waals surface area contributed by atoms with Crippen LogP contribution in [0.3, 0.4) is 0 Å². The molecule has 0 heterocycles. The molecule has 1 aromatic rings. The Hall–Kier alpha value is -1.02. The zero-order chi connectivity index (χ0) is 12.1. The van der Waals surface area contributed by atoms with Crippen molar-refractivity contribution in [3.8, 4) is 5.75 Å². The summed E-state index contributed by atoms with van der Waals surface area (Å²) in [6.45, 7) is 5.56. The molecule has 0 aromatic heterocycles. The lowest BCUT2D eigenvalue weighted by atomic mass is 9.85. The SMILES string of the molecule is CC[C@H](c1cccc(O)c1)[C@H](C)CN(C)C. The van der Waals surface area contributed by atoms with Gasteiger partial charge >= 0.3 is 0 Å². The lowest BCUT2D eigenvalue weighted by Gasteiger charge is -2.26. The van der Waals surface area contributed by atoms with E-state index >= 15 is 0 Å². The summed E-state index contributed by atoms with van der Waals surface area (Å²) in [4.78, 5) is 2.22. The Morgan fingerprint density at radius 2 is 2.00 bits per heavy atom. The van der Waals surface area contributed by atoms with Gasteiger partial charge in [-0.25, -0.2) is 0 Å². The highest BCUT2D eigenvalue weighted by Crippen LogP contribution is 2.30. The fraction of sp³-hybridized carbons (Fsp3) is 0.571. The van der Waals surface area contributed by atoms with Gasteiger partial charge in [-0.05, 0) is 50.0 Å². The van der Waals surface area contributed by atoms with Crippen LogP contribution in [0.1, 0.15) is 31.7 Å². The molecule has 1 rings (SSSR count). The van der Waals surface area contributed by atoms with E-state index in [-0.39, 0.29) is 0 Å². The second-order valence-electron chi connectivity index (χ2n) is 4.85. The average molecular weight is 221 g/mol. The first kappa shape index (κ1) is 13.0. The third kappa shape index (κ3) is 3.53. The van der Waals surface area contributed by atoms with E-state index in [1.165, 1.54) is 5.56 Å². The zero-order valence-electron chi connectivity index (χ0n) is 10.8. The highest BCUT2D eigenvalue weighted by molar-refractivity contribution is 5.30. The molecular formula is C14H23NO. The van der Waals surface area contributed by atoms with Crippen LogP contribution in [0.5, 0.6) is 5.75 Å². The molecule has 16 heavy (non-hydrogen) atoms. The van der Waals surface area contributed by atoms with Gasteiger partial charge in [-0.1, -0.05) is 26.0 Å². The number of rotatable bonds is 5. The molecule has 0 unspecified atom stereocenters. The van der Waals surface area contributed by atoms with Gasteiger partial charge in [0, 0.05) is 6.54 Å². The molecule has 0 spiro atoms. The number of phenols is 1. The molecule has 0 radical (unpaired) electrons. The van der Waals surface area contributed by atoms with E-state index in [1.807, 2.05) is 12.1 Å². The topological polar surface area (TPSA) is 23.5 Å². The molecule has 90 valence electrons. The number of aromatic hydroxyl groups is 1. The van der Waals surface area contributed by atoms with Crippen LogP contribution in [-0.4, -0.2) is 30.6 Å². The van der Waals surface area contributed by atoms with E-state index in [4.69, 9.17) is 0 Å². The van der Waals surface area contributed by atoms with Crippen LogP contribution in [0.15, 0.2) is 24.3 Å². The molecular weight excluding hydrogens is 198 g/mol. The summed E-state index contributed by atoms with van der Waals surface area (Å²) < 4.78 is 0. The van der Waals surface area contributed by atoms with Crippen LogP contribution in [0.25, 0.3) is 0 Å². The number of hydrogen-bond donors (Lipinski definition) is 1. The molecule has 0 fully saturated rings. The van der Waals surface area contributed by atoms with Gasteiger partial charge in [-0.2, -0.15) is 0 Å². The van der Waals surface area contributed by atoms with Gasteiger partial charge in [0.2, 0.25) is 0 Å². The van der Waals surface area contributed by atoms with E-state index in [0.717, 1.165) is 13.0 Å². The van der Waals surface area contributed by atoms with E-state index in [2.05, 4.69) is 38.9 Å². The zero-order valence-corrected chi connectivity index (χ0v) is 10.8. The van der Waals surface area contributed by atoms with Crippen molar-refractivity contribution in [2.75, 3.05) is 20.6 Å². The fourth-order valence-corrected chi connectivity index (χ4v) is 2.43. The van der Waals surface area contributed by atoms with Gasteiger partial charge in [0.15, 0.2) is 0 Å². The van der Waals surface area contributed by atoms with E-state index in [0.29, 0.717) is 17.6 Å². The molecule has 0 saturated heterocycles. The third-order valence-corrected chi connectivity index (χ3v) is 3.08. The standard InChI is InChI=1S/C14H23NO/c1-5-14(11(2)10-15(3)4)12-7-6-8-13(16)9-12/h6-9,11,14,16H,5,10H2,1-4H3/t11-,14+/m1/s1. The van der Waals surface area contributed by atoms with Crippen LogP contribution >= 0.6 is 0 Å². The molecule has 2 heteroatoms. The minimum Gasteiger partial charge on any atom is -0.508 e. The van der Waals surface area contributed by atoms with Gasteiger partial charge in [0.25, 0.3) is 0 Å². The average Bonchev–Trinajstić information content (AvgIpc) is 2.17. The summed E-state index contributed by atoms with van der Waals surface area (Å²) >= 11 is 0. The Labute approximate surface area is 98.9 Å².